The molecule has 0 saturated heterocycles. The molecule has 0 atom stereocenters. The highest BCUT2D eigenvalue weighted by atomic mass is 32.1. The number of nitrogens with zero attached hydrogens (tertiary/aromatic N) is 2. The van der Waals surface area contributed by atoms with Crippen molar-refractivity contribution in [2.24, 2.45) is 0 Å². The maximum absolute atomic E-state index is 13.8. The lowest BCUT2D eigenvalue weighted by Gasteiger charge is -2.03. The predicted molar refractivity (Wildman–Crippen MR) is 87.4 cm³/mol. The van der Waals surface area contributed by atoms with E-state index in [1.54, 1.807) is 11.4 Å². The van der Waals surface area contributed by atoms with Crippen LogP contribution in [0.25, 0.3) is 11.3 Å². The third-order valence-electron chi connectivity index (χ3n) is 3.24. The van der Waals surface area contributed by atoms with E-state index in [9.17, 15) is 14.4 Å². The van der Waals surface area contributed by atoms with Crippen LogP contribution >= 0.6 is 11.3 Å². The SMILES string of the molecule is COc1ccc(-c2csc(NC(=O)c3cc[n+]([O-])cc3)n2)cc1F. The Kier molecular flexibility index (Phi) is 4.39. The monoisotopic (exact) mass is 345 g/mol. The van der Waals surface area contributed by atoms with Gasteiger partial charge in [0.2, 0.25) is 0 Å². The number of anilines is 1. The molecule has 0 aliphatic carbocycles. The van der Waals surface area contributed by atoms with Crippen LogP contribution in [-0.4, -0.2) is 18.0 Å². The predicted octanol–water partition coefficient (Wildman–Crippen LogP) is 2.84. The number of benzene rings is 1. The number of ether oxygens (including phenoxy) is 1. The van der Waals surface area contributed by atoms with Crippen molar-refractivity contribution < 1.29 is 18.7 Å². The van der Waals surface area contributed by atoms with Crippen molar-refractivity contribution in [3.63, 3.8) is 0 Å². The Morgan fingerprint density at radius 2 is 2.08 bits per heavy atom. The van der Waals surface area contributed by atoms with E-state index in [-0.39, 0.29) is 11.7 Å². The maximum Gasteiger partial charge on any atom is 0.257 e. The van der Waals surface area contributed by atoms with Gasteiger partial charge in [-0.3, -0.25) is 10.1 Å². The number of amides is 1. The first kappa shape index (κ1) is 15.9. The van der Waals surface area contributed by atoms with E-state index in [4.69, 9.17) is 4.74 Å². The van der Waals surface area contributed by atoms with Gasteiger partial charge in [0, 0.05) is 23.1 Å². The average Bonchev–Trinajstić information content (AvgIpc) is 3.04. The van der Waals surface area contributed by atoms with Gasteiger partial charge in [0.25, 0.3) is 5.91 Å². The summed E-state index contributed by atoms with van der Waals surface area (Å²) < 4.78 is 19.2. The molecule has 0 aliphatic heterocycles. The van der Waals surface area contributed by atoms with Crippen LogP contribution in [0.15, 0.2) is 48.1 Å². The van der Waals surface area contributed by atoms with E-state index >= 15 is 0 Å². The number of carbonyl (C=O) groups excluding carboxylic acids is 1. The fourth-order valence-electron chi connectivity index (χ4n) is 2.02. The van der Waals surface area contributed by atoms with Crippen LogP contribution in [0.4, 0.5) is 9.52 Å². The first-order chi connectivity index (χ1) is 11.6. The molecule has 1 amide bonds. The van der Waals surface area contributed by atoms with Crippen LogP contribution in [-0.2, 0) is 0 Å². The highest BCUT2D eigenvalue weighted by Crippen LogP contribution is 2.28. The average molecular weight is 345 g/mol. The molecule has 122 valence electrons. The Labute approximate surface area is 140 Å². The van der Waals surface area contributed by atoms with Gasteiger partial charge in [0.1, 0.15) is 0 Å². The van der Waals surface area contributed by atoms with Gasteiger partial charge in [-0.1, -0.05) is 0 Å². The normalized spacial score (nSPS) is 10.4. The van der Waals surface area contributed by atoms with Crippen molar-refractivity contribution in [2.75, 3.05) is 12.4 Å². The smallest absolute Gasteiger partial charge is 0.257 e. The summed E-state index contributed by atoms with van der Waals surface area (Å²) in [5.41, 5.74) is 1.47. The van der Waals surface area contributed by atoms with E-state index in [1.807, 2.05) is 0 Å². The first-order valence-electron chi connectivity index (χ1n) is 6.86. The van der Waals surface area contributed by atoms with E-state index in [1.165, 1.54) is 55.1 Å². The molecule has 2 heterocycles. The Hall–Kier alpha value is -3.00. The van der Waals surface area contributed by atoms with E-state index < -0.39 is 5.82 Å². The summed E-state index contributed by atoms with van der Waals surface area (Å²) in [4.78, 5) is 16.3. The van der Waals surface area contributed by atoms with Gasteiger partial charge in [-0.25, -0.2) is 9.37 Å². The number of halogens is 1. The van der Waals surface area contributed by atoms with Crippen LogP contribution in [0, 0.1) is 11.0 Å². The molecule has 24 heavy (non-hydrogen) atoms. The molecule has 1 aromatic carbocycles. The molecule has 3 aromatic rings. The molecule has 8 heteroatoms. The van der Waals surface area contributed by atoms with E-state index in [0.29, 0.717) is 26.7 Å². The maximum atomic E-state index is 13.8. The Morgan fingerprint density at radius 1 is 1.33 bits per heavy atom. The molecule has 2 aromatic heterocycles. The molecule has 1 N–H and O–H groups in total. The third kappa shape index (κ3) is 3.33. The summed E-state index contributed by atoms with van der Waals surface area (Å²) in [6, 6.07) is 7.35. The molecule has 0 spiro atoms. The summed E-state index contributed by atoms with van der Waals surface area (Å²) in [5, 5.41) is 15.7. The number of aromatic nitrogens is 2. The van der Waals surface area contributed by atoms with E-state index in [0.717, 1.165) is 0 Å². The number of nitrogens with one attached hydrogen (secondary N) is 1. The topological polar surface area (TPSA) is 78.2 Å². The van der Waals surface area contributed by atoms with Crippen LogP contribution < -0.4 is 14.8 Å². The Bertz CT molecular complexity index is 881. The zero-order valence-electron chi connectivity index (χ0n) is 12.5. The summed E-state index contributed by atoms with van der Waals surface area (Å²) >= 11 is 1.22. The standard InChI is InChI=1S/C16H12FN3O3S/c1-23-14-3-2-11(8-12(14)17)13-9-24-16(18-13)19-15(21)10-4-6-20(22)7-5-10/h2-9H,1H3,(H,18,19,21). The van der Waals surface area contributed by atoms with Crippen molar-refractivity contribution in [2.45, 2.75) is 0 Å². The fraction of sp³-hybridized carbons (Fsp3) is 0.0625. The molecule has 0 unspecified atom stereocenters. The molecule has 0 radical (unpaired) electrons. The lowest BCUT2D eigenvalue weighted by atomic mass is 10.1. The molecule has 0 bridgehead atoms. The van der Waals surface area contributed by atoms with Crippen LogP contribution in [0.5, 0.6) is 5.75 Å². The van der Waals surface area contributed by atoms with Gasteiger partial charge in [-0.2, -0.15) is 4.73 Å². The number of rotatable bonds is 4. The highest BCUT2D eigenvalue weighted by Gasteiger charge is 2.12. The lowest BCUT2D eigenvalue weighted by molar-refractivity contribution is -0.605. The molecule has 6 nitrogen and oxygen atoms in total. The number of pyridine rings is 1. The zero-order chi connectivity index (χ0) is 17.1. The van der Waals surface area contributed by atoms with Crippen LogP contribution in [0.2, 0.25) is 0 Å². The van der Waals surface area contributed by atoms with Crippen LogP contribution in [0.3, 0.4) is 0 Å². The number of hydrogen-bond donors (Lipinski definition) is 1. The van der Waals surface area contributed by atoms with Gasteiger partial charge >= 0.3 is 0 Å². The van der Waals surface area contributed by atoms with Crippen molar-refractivity contribution in [1.29, 1.82) is 0 Å². The number of carbonyl (C=O) groups is 1. The van der Waals surface area contributed by atoms with Gasteiger partial charge in [0.05, 0.1) is 18.4 Å². The second-order valence-corrected chi connectivity index (χ2v) is 5.65. The lowest BCUT2D eigenvalue weighted by Crippen LogP contribution is -2.25. The van der Waals surface area contributed by atoms with E-state index in [2.05, 4.69) is 10.3 Å². The fourth-order valence-corrected chi connectivity index (χ4v) is 2.74. The minimum Gasteiger partial charge on any atom is -0.619 e. The highest BCUT2D eigenvalue weighted by molar-refractivity contribution is 7.14. The van der Waals surface area contributed by atoms with Gasteiger partial charge < -0.3 is 9.94 Å². The van der Waals surface area contributed by atoms with Crippen molar-refractivity contribution >= 4 is 22.4 Å². The van der Waals surface area contributed by atoms with Crippen molar-refractivity contribution in [3.8, 4) is 17.0 Å². The molecule has 0 saturated carbocycles. The molecule has 0 fully saturated rings. The largest absolute Gasteiger partial charge is 0.619 e. The summed E-state index contributed by atoms with van der Waals surface area (Å²) in [7, 11) is 1.40. The molecule has 3 rings (SSSR count). The van der Waals surface area contributed by atoms with Crippen LogP contribution in [0.1, 0.15) is 10.4 Å². The first-order valence-corrected chi connectivity index (χ1v) is 7.74. The number of thiazole rings is 1. The minimum atomic E-state index is -0.483. The summed E-state index contributed by atoms with van der Waals surface area (Å²) in [5.74, 6) is -0.705. The second kappa shape index (κ2) is 6.63. The third-order valence-corrected chi connectivity index (χ3v) is 3.99. The molecular formula is C16H12FN3O3S. The second-order valence-electron chi connectivity index (χ2n) is 4.79. The van der Waals surface area contributed by atoms with Crippen molar-refractivity contribution in [1.82, 2.24) is 4.98 Å². The van der Waals surface area contributed by atoms with Crippen molar-refractivity contribution in [3.05, 3.63) is 64.7 Å². The molecule has 0 aliphatic rings. The quantitative estimate of drug-likeness (QED) is 0.583. The Balaban J connectivity index is 1.77. The summed E-state index contributed by atoms with van der Waals surface area (Å²) in [6.07, 6.45) is 2.48. The van der Waals surface area contributed by atoms with Gasteiger partial charge in [-0.05, 0) is 18.2 Å². The minimum absolute atomic E-state index is 0.155. The zero-order valence-corrected chi connectivity index (χ0v) is 13.3. The Morgan fingerprint density at radius 3 is 2.75 bits per heavy atom. The number of methoxy groups -OCH3 is 1. The van der Waals surface area contributed by atoms with Gasteiger partial charge in [-0.15, -0.1) is 11.3 Å². The summed E-state index contributed by atoms with van der Waals surface area (Å²) in [6.45, 7) is 0. The number of hydrogen-bond acceptors (Lipinski definition) is 5. The molecular weight excluding hydrogens is 333 g/mol. The van der Waals surface area contributed by atoms with Gasteiger partial charge in [0.15, 0.2) is 29.1 Å².